The van der Waals surface area contributed by atoms with E-state index in [0.29, 0.717) is 10.9 Å². The fraction of sp³-hybridized carbons (Fsp3) is 0.857. The van der Waals surface area contributed by atoms with Gasteiger partial charge >= 0.3 is 0 Å². The van der Waals surface area contributed by atoms with Gasteiger partial charge in [0.1, 0.15) is 0 Å². The zero-order chi connectivity index (χ0) is 13.9. The zero-order valence-corrected chi connectivity index (χ0v) is 12.6. The van der Waals surface area contributed by atoms with Gasteiger partial charge in [-0.2, -0.15) is 0 Å². The van der Waals surface area contributed by atoms with E-state index in [-0.39, 0.29) is 5.91 Å². The third-order valence-electron chi connectivity index (χ3n) is 4.44. The highest BCUT2D eigenvalue weighted by Crippen LogP contribution is 2.45. The van der Waals surface area contributed by atoms with Gasteiger partial charge in [0.25, 0.3) is 0 Å². The van der Waals surface area contributed by atoms with Crippen molar-refractivity contribution in [3.63, 3.8) is 0 Å². The van der Waals surface area contributed by atoms with Gasteiger partial charge in [0.05, 0.1) is 10.4 Å². The Hall–Kier alpha value is -0.680. The molecule has 0 bridgehead atoms. The minimum absolute atomic E-state index is 0.0412. The van der Waals surface area contributed by atoms with Crippen LogP contribution in [0, 0.1) is 11.3 Å². The van der Waals surface area contributed by atoms with Crippen molar-refractivity contribution < 1.29 is 4.79 Å². The normalized spacial score (nSPS) is 30.9. The van der Waals surface area contributed by atoms with E-state index in [1.54, 1.807) is 0 Å². The van der Waals surface area contributed by atoms with E-state index in [0.717, 1.165) is 32.4 Å². The molecule has 19 heavy (non-hydrogen) atoms. The molecule has 0 spiro atoms. The van der Waals surface area contributed by atoms with Crippen molar-refractivity contribution in [1.29, 1.82) is 0 Å². The lowest BCUT2D eigenvalue weighted by Gasteiger charge is -2.44. The van der Waals surface area contributed by atoms with Gasteiger partial charge in [-0.3, -0.25) is 4.79 Å². The number of nitrogens with two attached hydrogens (primary N) is 1. The minimum Gasteiger partial charge on any atom is -0.392 e. The predicted octanol–water partition coefficient (Wildman–Crippen LogP) is 1.29. The summed E-state index contributed by atoms with van der Waals surface area (Å²) in [6, 6.07) is 0. The van der Waals surface area contributed by atoms with Crippen LogP contribution in [-0.4, -0.2) is 42.0 Å². The Balaban J connectivity index is 1.69. The molecule has 2 aliphatic rings. The van der Waals surface area contributed by atoms with Crippen molar-refractivity contribution in [2.75, 3.05) is 26.2 Å². The van der Waals surface area contributed by atoms with E-state index < -0.39 is 5.41 Å². The smallest absolute Gasteiger partial charge is 0.233 e. The Morgan fingerprint density at radius 2 is 2.05 bits per heavy atom. The molecule has 5 heteroatoms. The van der Waals surface area contributed by atoms with Gasteiger partial charge in [-0.05, 0) is 57.7 Å². The molecule has 1 saturated heterocycles. The first kappa shape index (κ1) is 14.7. The fourth-order valence-electron chi connectivity index (χ4n) is 3.31. The van der Waals surface area contributed by atoms with Gasteiger partial charge in [-0.15, -0.1) is 0 Å². The Bertz CT molecular complexity index is 347. The average molecular weight is 283 g/mol. The molecular weight excluding hydrogens is 258 g/mol. The van der Waals surface area contributed by atoms with Crippen molar-refractivity contribution in [3.8, 4) is 0 Å². The molecule has 0 aromatic rings. The molecule has 0 unspecified atom stereocenters. The summed E-state index contributed by atoms with van der Waals surface area (Å²) < 4.78 is 0. The lowest BCUT2D eigenvalue weighted by molar-refractivity contribution is -0.132. The van der Waals surface area contributed by atoms with Gasteiger partial charge in [-0.1, -0.05) is 19.1 Å². The summed E-state index contributed by atoms with van der Waals surface area (Å²) in [6.07, 6.45) is 5.25. The van der Waals surface area contributed by atoms with Crippen LogP contribution in [0.5, 0.6) is 0 Å². The minimum atomic E-state index is -0.553. The van der Waals surface area contributed by atoms with E-state index >= 15 is 0 Å². The standard InChI is InChI=1S/C14H25N3OS/c1-11-9-14(10-11,12(15)19)13(18)16-5-4-8-17-6-2-3-7-17/h11H,2-10H2,1H3,(H2,15,19)(H,16,18). The highest BCUT2D eigenvalue weighted by Gasteiger charge is 2.50. The molecule has 3 N–H and O–H groups in total. The maximum atomic E-state index is 12.2. The van der Waals surface area contributed by atoms with Crippen LogP contribution in [-0.2, 0) is 4.79 Å². The maximum absolute atomic E-state index is 12.2. The molecule has 2 rings (SSSR count). The Kier molecular flexibility index (Phi) is 4.79. The molecule has 4 nitrogen and oxygen atoms in total. The first-order chi connectivity index (χ1) is 9.04. The molecule has 1 amide bonds. The topological polar surface area (TPSA) is 58.4 Å². The van der Waals surface area contributed by atoms with Crippen molar-refractivity contribution in [3.05, 3.63) is 0 Å². The molecule has 2 fully saturated rings. The number of nitrogens with one attached hydrogen (secondary N) is 1. The summed E-state index contributed by atoms with van der Waals surface area (Å²) in [7, 11) is 0. The summed E-state index contributed by atoms with van der Waals surface area (Å²) in [6.45, 7) is 6.37. The van der Waals surface area contributed by atoms with Gasteiger partial charge in [-0.25, -0.2) is 0 Å². The van der Waals surface area contributed by atoms with Gasteiger partial charge < -0.3 is 16.0 Å². The number of carbonyl (C=O) groups excluding carboxylic acids is 1. The van der Waals surface area contributed by atoms with Gasteiger partial charge in [0.15, 0.2) is 0 Å². The first-order valence-electron chi connectivity index (χ1n) is 7.35. The number of hydrogen-bond acceptors (Lipinski definition) is 3. The van der Waals surface area contributed by atoms with E-state index in [9.17, 15) is 4.79 Å². The molecule has 0 aromatic heterocycles. The molecule has 1 heterocycles. The number of hydrogen-bond donors (Lipinski definition) is 2. The number of thiocarbonyl (C=S) groups is 1. The van der Waals surface area contributed by atoms with Crippen molar-refractivity contribution in [2.24, 2.45) is 17.1 Å². The Morgan fingerprint density at radius 1 is 1.42 bits per heavy atom. The highest BCUT2D eigenvalue weighted by molar-refractivity contribution is 7.80. The second-order valence-electron chi connectivity index (χ2n) is 6.12. The molecule has 0 aromatic carbocycles. The summed E-state index contributed by atoms with van der Waals surface area (Å²) in [5.41, 5.74) is 5.21. The number of likely N-dealkylation sites (tertiary alicyclic amines) is 1. The Morgan fingerprint density at radius 3 is 2.58 bits per heavy atom. The second-order valence-corrected chi connectivity index (χ2v) is 6.56. The summed E-state index contributed by atoms with van der Waals surface area (Å²) in [5, 5.41) is 3.02. The quantitative estimate of drug-likeness (QED) is 0.570. The number of nitrogens with zero attached hydrogens (tertiary/aromatic N) is 1. The highest BCUT2D eigenvalue weighted by atomic mass is 32.1. The predicted molar refractivity (Wildman–Crippen MR) is 80.9 cm³/mol. The molecule has 1 aliphatic carbocycles. The van der Waals surface area contributed by atoms with Gasteiger partial charge in [0, 0.05) is 6.54 Å². The monoisotopic (exact) mass is 283 g/mol. The molecule has 108 valence electrons. The number of carbonyl (C=O) groups is 1. The van der Waals surface area contributed by atoms with Crippen molar-refractivity contribution in [2.45, 2.75) is 39.0 Å². The van der Waals surface area contributed by atoms with Crippen LogP contribution in [0.2, 0.25) is 0 Å². The van der Waals surface area contributed by atoms with Crippen LogP contribution in [0.4, 0.5) is 0 Å². The van der Waals surface area contributed by atoms with Crippen LogP contribution in [0.15, 0.2) is 0 Å². The molecule has 1 saturated carbocycles. The molecule has 0 atom stereocenters. The average Bonchev–Trinajstić information content (AvgIpc) is 2.82. The van der Waals surface area contributed by atoms with Crippen molar-refractivity contribution >= 4 is 23.1 Å². The fourth-order valence-corrected chi connectivity index (χ4v) is 3.57. The summed E-state index contributed by atoms with van der Waals surface area (Å²) in [5.74, 6) is 0.594. The van der Waals surface area contributed by atoms with Crippen LogP contribution in [0.25, 0.3) is 0 Å². The van der Waals surface area contributed by atoms with Crippen LogP contribution in [0.1, 0.15) is 39.0 Å². The molecule has 1 aliphatic heterocycles. The lowest BCUT2D eigenvalue weighted by atomic mass is 9.62. The third-order valence-corrected chi connectivity index (χ3v) is 4.83. The maximum Gasteiger partial charge on any atom is 0.233 e. The summed E-state index contributed by atoms with van der Waals surface area (Å²) in [4.78, 5) is 15.1. The number of amides is 1. The largest absolute Gasteiger partial charge is 0.392 e. The van der Waals surface area contributed by atoms with E-state index in [1.807, 2.05) is 0 Å². The van der Waals surface area contributed by atoms with Crippen LogP contribution in [0.3, 0.4) is 0 Å². The van der Waals surface area contributed by atoms with Crippen LogP contribution >= 0.6 is 12.2 Å². The van der Waals surface area contributed by atoms with Gasteiger partial charge in [0.2, 0.25) is 5.91 Å². The van der Waals surface area contributed by atoms with E-state index in [4.69, 9.17) is 18.0 Å². The Labute approximate surface area is 121 Å². The summed E-state index contributed by atoms with van der Waals surface area (Å²) >= 11 is 5.08. The first-order valence-corrected chi connectivity index (χ1v) is 7.76. The zero-order valence-electron chi connectivity index (χ0n) is 11.8. The lowest BCUT2D eigenvalue weighted by Crippen LogP contribution is -2.56. The molecule has 0 radical (unpaired) electrons. The van der Waals surface area contributed by atoms with E-state index in [1.165, 1.54) is 25.9 Å². The van der Waals surface area contributed by atoms with Crippen molar-refractivity contribution in [1.82, 2.24) is 10.2 Å². The number of rotatable bonds is 6. The van der Waals surface area contributed by atoms with Crippen LogP contribution < -0.4 is 11.1 Å². The molecular formula is C14H25N3OS. The third kappa shape index (κ3) is 3.26. The SMILES string of the molecule is CC1CC(C(=O)NCCCN2CCCC2)(C(N)=S)C1. The van der Waals surface area contributed by atoms with E-state index in [2.05, 4.69) is 17.1 Å². The second kappa shape index (κ2) is 6.18.